The molecule has 0 saturated carbocycles. The number of ether oxygens (including phenoxy) is 1. The Bertz CT molecular complexity index is 606. The van der Waals surface area contributed by atoms with Crippen LogP contribution in [0.3, 0.4) is 0 Å². The van der Waals surface area contributed by atoms with Crippen molar-refractivity contribution in [1.29, 1.82) is 0 Å². The van der Waals surface area contributed by atoms with Crippen molar-refractivity contribution in [3.63, 3.8) is 0 Å². The van der Waals surface area contributed by atoms with Gasteiger partial charge in [0.25, 0.3) is 0 Å². The molecule has 1 fully saturated rings. The van der Waals surface area contributed by atoms with E-state index in [4.69, 9.17) is 16.3 Å². The van der Waals surface area contributed by atoms with Crippen LogP contribution in [-0.2, 0) is 20.6 Å². The molecular weight excluding hydrogens is 366 g/mol. The van der Waals surface area contributed by atoms with Crippen LogP contribution in [0.5, 0.6) is 0 Å². The fraction of sp³-hybridized carbons (Fsp3) is 0.538. The van der Waals surface area contributed by atoms with Crippen LogP contribution in [0.25, 0.3) is 0 Å². The third kappa shape index (κ3) is 3.04. The lowest BCUT2D eigenvalue weighted by molar-refractivity contribution is 0.0392. The Morgan fingerprint density at radius 2 is 2.20 bits per heavy atom. The molecule has 0 bridgehead atoms. The number of halogens is 2. The second-order valence-electron chi connectivity index (χ2n) is 4.90. The number of nitrogens with zero attached hydrogens (tertiary/aromatic N) is 1. The third-order valence-electron chi connectivity index (χ3n) is 3.33. The number of hydrogen-bond acceptors (Lipinski definition) is 3. The lowest BCUT2D eigenvalue weighted by atomic mass is 10.2. The lowest BCUT2D eigenvalue weighted by Crippen LogP contribution is -2.47. The zero-order valence-electron chi connectivity index (χ0n) is 11.4. The van der Waals surface area contributed by atoms with Crippen molar-refractivity contribution in [2.75, 3.05) is 19.8 Å². The number of alkyl halides is 1. The maximum Gasteiger partial charge on any atom is 0.244 e. The van der Waals surface area contributed by atoms with Crippen molar-refractivity contribution >= 4 is 37.6 Å². The molecule has 1 aromatic carbocycles. The van der Waals surface area contributed by atoms with Gasteiger partial charge in [0.2, 0.25) is 10.0 Å². The normalized spacial score (nSPS) is 21.1. The number of aryl methyl sites for hydroxylation is 1. The van der Waals surface area contributed by atoms with Gasteiger partial charge >= 0.3 is 0 Å². The Kier molecular flexibility index (Phi) is 5.13. The lowest BCUT2D eigenvalue weighted by Gasteiger charge is -2.32. The number of benzene rings is 1. The SMILES string of the molecule is Cc1cc(CCl)cc(S(=O)(=O)N2CCOCC2C)c1Br. The summed E-state index contributed by atoms with van der Waals surface area (Å²) in [5.74, 6) is 0.287. The van der Waals surface area contributed by atoms with Crippen molar-refractivity contribution in [3.8, 4) is 0 Å². The molecule has 1 aromatic rings. The minimum absolute atomic E-state index is 0.166. The first-order chi connectivity index (χ1) is 9.37. The Morgan fingerprint density at radius 3 is 2.80 bits per heavy atom. The van der Waals surface area contributed by atoms with E-state index in [-0.39, 0.29) is 16.8 Å². The number of rotatable bonds is 3. The van der Waals surface area contributed by atoms with Crippen LogP contribution in [-0.4, -0.2) is 38.5 Å². The maximum atomic E-state index is 12.8. The number of hydrogen-bond donors (Lipinski definition) is 0. The van der Waals surface area contributed by atoms with E-state index in [1.54, 1.807) is 6.07 Å². The molecule has 1 atom stereocenters. The standard InChI is InChI=1S/C13H17BrClNO3S/c1-9-5-11(7-15)6-12(13(9)14)20(17,18)16-3-4-19-8-10(16)2/h5-6,10H,3-4,7-8H2,1-2H3. The second-order valence-corrected chi connectivity index (χ2v) is 7.82. The van der Waals surface area contributed by atoms with Gasteiger partial charge in [0.1, 0.15) is 0 Å². The highest BCUT2D eigenvalue weighted by molar-refractivity contribution is 9.10. The summed E-state index contributed by atoms with van der Waals surface area (Å²) in [7, 11) is -3.55. The fourth-order valence-electron chi connectivity index (χ4n) is 2.27. The Balaban J connectivity index is 2.51. The summed E-state index contributed by atoms with van der Waals surface area (Å²) in [6.45, 7) is 4.94. The summed E-state index contributed by atoms with van der Waals surface area (Å²) in [4.78, 5) is 0.280. The molecule has 2 rings (SSSR count). The van der Waals surface area contributed by atoms with Crippen LogP contribution >= 0.6 is 27.5 Å². The van der Waals surface area contributed by atoms with Crippen molar-refractivity contribution < 1.29 is 13.2 Å². The molecule has 0 aromatic heterocycles. The molecule has 0 N–H and O–H groups in total. The minimum atomic E-state index is -3.55. The van der Waals surface area contributed by atoms with Gasteiger partial charge in [-0.25, -0.2) is 8.42 Å². The van der Waals surface area contributed by atoms with E-state index >= 15 is 0 Å². The van der Waals surface area contributed by atoms with Gasteiger partial charge in [0.05, 0.1) is 18.1 Å². The third-order valence-corrected chi connectivity index (χ3v) is 6.99. The average Bonchev–Trinajstić information content (AvgIpc) is 2.41. The molecule has 4 nitrogen and oxygen atoms in total. The van der Waals surface area contributed by atoms with Gasteiger partial charge in [-0.2, -0.15) is 4.31 Å². The average molecular weight is 383 g/mol. The largest absolute Gasteiger partial charge is 0.378 e. The van der Waals surface area contributed by atoms with Crippen LogP contribution in [0.1, 0.15) is 18.1 Å². The second kappa shape index (κ2) is 6.32. The molecule has 0 amide bonds. The van der Waals surface area contributed by atoms with Gasteiger partial charge in [-0.3, -0.25) is 0 Å². The van der Waals surface area contributed by atoms with Crippen molar-refractivity contribution in [1.82, 2.24) is 4.31 Å². The Hall–Kier alpha value is -0.140. The van der Waals surface area contributed by atoms with Gasteiger partial charge in [0, 0.05) is 22.9 Å². The van der Waals surface area contributed by atoms with E-state index in [9.17, 15) is 8.42 Å². The first kappa shape index (κ1) is 16.2. The van der Waals surface area contributed by atoms with Crippen LogP contribution in [0.15, 0.2) is 21.5 Å². The quantitative estimate of drug-likeness (QED) is 0.755. The molecule has 1 heterocycles. The van der Waals surface area contributed by atoms with E-state index in [0.29, 0.717) is 24.2 Å². The Morgan fingerprint density at radius 1 is 1.50 bits per heavy atom. The summed E-state index contributed by atoms with van der Waals surface area (Å²) < 4.78 is 33.1. The zero-order chi connectivity index (χ0) is 14.9. The summed E-state index contributed by atoms with van der Waals surface area (Å²) in [5, 5.41) is 0. The van der Waals surface area contributed by atoms with Crippen molar-refractivity contribution in [2.45, 2.75) is 30.7 Å². The summed E-state index contributed by atoms with van der Waals surface area (Å²) >= 11 is 9.23. The van der Waals surface area contributed by atoms with Gasteiger partial charge in [-0.1, -0.05) is 6.07 Å². The predicted molar refractivity (Wildman–Crippen MR) is 82.6 cm³/mol. The van der Waals surface area contributed by atoms with E-state index in [1.807, 2.05) is 19.9 Å². The zero-order valence-corrected chi connectivity index (χ0v) is 14.6. The highest BCUT2D eigenvalue weighted by Crippen LogP contribution is 2.31. The molecule has 0 radical (unpaired) electrons. The highest BCUT2D eigenvalue weighted by atomic mass is 79.9. The molecule has 1 unspecified atom stereocenters. The molecule has 112 valence electrons. The van der Waals surface area contributed by atoms with Crippen LogP contribution in [0, 0.1) is 6.92 Å². The highest BCUT2D eigenvalue weighted by Gasteiger charge is 2.33. The smallest absolute Gasteiger partial charge is 0.244 e. The molecular formula is C13H17BrClNO3S. The van der Waals surface area contributed by atoms with Gasteiger partial charge in [-0.15, -0.1) is 11.6 Å². The fourth-order valence-corrected chi connectivity index (χ4v) is 5.06. The first-order valence-electron chi connectivity index (χ1n) is 6.32. The van der Waals surface area contributed by atoms with Crippen molar-refractivity contribution in [3.05, 3.63) is 27.7 Å². The van der Waals surface area contributed by atoms with Gasteiger partial charge in [-0.05, 0) is 47.0 Å². The van der Waals surface area contributed by atoms with Crippen LogP contribution in [0.2, 0.25) is 0 Å². The Labute approximate surface area is 133 Å². The van der Waals surface area contributed by atoms with Gasteiger partial charge < -0.3 is 4.74 Å². The van der Waals surface area contributed by atoms with E-state index < -0.39 is 10.0 Å². The van der Waals surface area contributed by atoms with Gasteiger partial charge in [0.15, 0.2) is 0 Å². The maximum absolute atomic E-state index is 12.8. The summed E-state index contributed by atoms with van der Waals surface area (Å²) in [6.07, 6.45) is 0. The molecule has 7 heteroatoms. The predicted octanol–water partition coefficient (Wildman–Crippen LogP) is 2.91. The topological polar surface area (TPSA) is 46.6 Å². The van der Waals surface area contributed by atoms with Crippen molar-refractivity contribution in [2.24, 2.45) is 0 Å². The monoisotopic (exact) mass is 381 g/mol. The number of morpholine rings is 1. The van der Waals surface area contributed by atoms with E-state index in [0.717, 1.165) is 11.1 Å². The van der Waals surface area contributed by atoms with E-state index in [1.165, 1.54) is 4.31 Å². The molecule has 0 aliphatic carbocycles. The molecule has 1 saturated heterocycles. The van der Waals surface area contributed by atoms with E-state index in [2.05, 4.69) is 15.9 Å². The number of sulfonamides is 1. The first-order valence-corrected chi connectivity index (χ1v) is 9.09. The molecule has 1 aliphatic heterocycles. The molecule has 0 spiro atoms. The van der Waals surface area contributed by atoms with Crippen LogP contribution in [0.4, 0.5) is 0 Å². The van der Waals surface area contributed by atoms with Crippen LogP contribution < -0.4 is 0 Å². The summed E-state index contributed by atoms with van der Waals surface area (Å²) in [6, 6.07) is 3.36. The molecule has 20 heavy (non-hydrogen) atoms. The minimum Gasteiger partial charge on any atom is -0.378 e. The summed E-state index contributed by atoms with van der Waals surface area (Å²) in [5.41, 5.74) is 1.66. The molecule has 1 aliphatic rings.